The minimum Gasteiger partial charge on any atom is -0.497 e. The van der Waals surface area contributed by atoms with E-state index in [1.54, 1.807) is 7.11 Å². The minimum atomic E-state index is -2.10. The van der Waals surface area contributed by atoms with Crippen molar-refractivity contribution in [2.24, 2.45) is 5.92 Å². The Balaban J connectivity index is 1.83. The van der Waals surface area contributed by atoms with E-state index in [-0.39, 0.29) is 30.5 Å². The molecule has 2 heterocycles. The first kappa shape index (κ1) is 23.7. The second-order valence-electron chi connectivity index (χ2n) is 9.76. The summed E-state index contributed by atoms with van der Waals surface area (Å²) in [6, 6.07) is 8.06. The second kappa shape index (κ2) is 9.70. The maximum atomic E-state index is 7.15. The van der Waals surface area contributed by atoms with E-state index >= 15 is 0 Å². The number of rotatable bonds is 9. The molecular weight excluding hydrogens is 396 g/mol. The molecule has 0 saturated carbocycles. The number of hydrogen-bond acceptors (Lipinski definition) is 5. The monoisotopic (exact) mass is 436 g/mol. The second-order valence-corrected chi connectivity index (χ2v) is 15.2. The molecule has 30 heavy (non-hydrogen) atoms. The molecular formula is C24H40O5Si. The van der Waals surface area contributed by atoms with Crippen LogP contribution in [0.25, 0.3) is 0 Å². The van der Waals surface area contributed by atoms with Crippen molar-refractivity contribution in [1.29, 1.82) is 0 Å². The normalized spacial score (nSPS) is 29.2. The van der Waals surface area contributed by atoms with Gasteiger partial charge in [0.25, 0.3) is 0 Å². The molecule has 1 aromatic carbocycles. The third kappa shape index (κ3) is 4.48. The molecule has 6 heteroatoms. The van der Waals surface area contributed by atoms with Gasteiger partial charge in [-0.15, -0.1) is 0 Å². The maximum absolute atomic E-state index is 7.15. The molecule has 170 valence electrons. The molecule has 0 unspecified atom stereocenters. The van der Waals surface area contributed by atoms with Crippen LogP contribution in [0.2, 0.25) is 16.6 Å². The van der Waals surface area contributed by atoms with E-state index in [2.05, 4.69) is 60.6 Å². The van der Waals surface area contributed by atoms with E-state index in [4.69, 9.17) is 23.4 Å². The molecule has 2 aliphatic rings. The molecule has 5 atom stereocenters. The van der Waals surface area contributed by atoms with E-state index in [0.29, 0.717) is 29.8 Å². The Morgan fingerprint density at radius 1 is 0.967 bits per heavy atom. The fraction of sp³-hybridized carbons (Fsp3) is 0.750. The van der Waals surface area contributed by atoms with E-state index in [0.717, 1.165) is 11.3 Å². The van der Waals surface area contributed by atoms with Crippen molar-refractivity contribution in [3.05, 3.63) is 29.8 Å². The summed E-state index contributed by atoms with van der Waals surface area (Å²) < 4.78 is 31.2. The molecule has 2 fully saturated rings. The quantitative estimate of drug-likeness (QED) is 0.476. The Labute approximate surface area is 183 Å². The number of methoxy groups -OCH3 is 1. The highest BCUT2D eigenvalue weighted by Crippen LogP contribution is 2.46. The van der Waals surface area contributed by atoms with Gasteiger partial charge in [-0.1, -0.05) is 60.6 Å². The molecule has 2 aliphatic heterocycles. The Kier molecular flexibility index (Phi) is 7.67. The first-order chi connectivity index (χ1) is 14.2. The lowest BCUT2D eigenvalue weighted by Crippen LogP contribution is -2.59. The summed E-state index contributed by atoms with van der Waals surface area (Å²) in [5.41, 5.74) is 2.61. The van der Waals surface area contributed by atoms with Gasteiger partial charge in [0.05, 0.1) is 32.5 Å². The molecule has 3 rings (SSSR count). The van der Waals surface area contributed by atoms with Gasteiger partial charge in [0.2, 0.25) is 8.32 Å². The molecule has 2 bridgehead atoms. The van der Waals surface area contributed by atoms with E-state index < -0.39 is 8.32 Å². The summed E-state index contributed by atoms with van der Waals surface area (Å²) in [5, 5.41) is 0. The minimum absolute atomic E-state index is 0.0542. The van der Waals surface area contributed by atoms with Crippen LogP contribution in [0.1, 0.15) is 54.0 Å². The van der Waals surface area contributed by atoms with Crippen molar-refractivity contribution < 1.29 is 23.4 Å². The van der Waals surface area contributed by atoms with Crippen molar-refractivity contribution in [3.8, 4) is 5.75 Å². The molecule has 1 aromatic rings. The summed E-state index contributed by atoms with van der Waals surface area (Å²) in [7, 11) is -0.421. The first-order valence-electron chi connectivity index (χ1n) is 11.4. The van der Waals surface area contributed by atoms with Crippen molar-refractivity contribution in [1.82, 2.24) is 0 Å². The van der Waals surface area contributed by atoms with E-state index in [1.165, 1.54) is 0 Å². The highest BCUT2D eigenvalue weighted by molar-refractivity contribution is 6.77. The van der Waals surface area contributed by atoms with Crippen LogP contribution < -0.4 is 4.74 Å². The lowest BCUT2D eigenvalue weighted by atomic mass is 9.92. The van der Waals surface area contributed by atoms with Crippen molar-refractivity contribution >= 4 is 8.32 Å². The fourth-order valence-corrected chi connectivity index (χ4v) is 11.0. The van der Waals surface area contributed by atoms with Gasteiger partial charge >= 0.3 is 0 Å². The van der Waals surface area contributed by atoms with Gasteiger partial charge in [0, 0.05) is 5.92 Å². The predicted octanol–water partition coefficient (Wildman–Crippen LogP) is 5.53. The Bertz CT molecular complexity index is 653. The van der Waals surface area contributed by atoms with Crippen LogP contribution >= 0.6 is 0 Å². The number of fused-ring (bicyclic) bond motifs is 2. The molecule has 5 nitrogen and oxygen atoms in total. The Morgan fingerprint density at radius 2 is 1.57 bits per heavy atom. The lowest BCUT2D eigenvalue weighted by Gasteiger charge is -2.49. The summed E-state index contributed by atoms with van der Waals surface area (Å²) >= 11 is 0. The Hall–Kier alpha value is -0.923. The van der Waals surface area contributed by atoms with Crippen LogP contribution in [0.15, 0.2) is 24.3 Å². The Morgan fingerprint density at radius 3 is 2.10 bits per heavy atom. The lowest BCUT2D eigenvalue weighted by molar-refractivity contribution is -0.220. The first-order valence-corrected chi connectivity index (χ1v) is 13.5. The van der Waals surface area contributed by atoms with Crippen LogP contribution in [0.3, 0.4) is 0 Å². The summed E-state index contributed by atoms with van der Waals surface area (Å²) in [6.07, 6.45) is -0.517. The van der Waals surface area contributed by atoms with Crippen LogP contribution in [0, 0.1) is 5.92 Å². The van der Waals surface area contributed by atoms with Gasteiger partial charge in [0.1, 0.15) is 11.9 Å². The zero-order valence-electron chi connectivity index (χ0n) is 19.9. The largest absolute Gasteiger partial charge is 0.497 e. The third-order valence-electron chi connectivity index (χ3n) is 7.08. The SMILES string of the molecule is COc1ccc(CO[C@@H]2[C@@H](C)[C@@H]3CO[C@@H](O3)[C@H]2O[Si](C(C)C)(C(C)C)C(C)C)cc1. The van der Waals surface area contributed by atoms with Gasteiger partial charge in [0.15, 0.2) is 6.29 Å². The fourth-order valence-electron chi connectivity index (χ4n) is 5.48. The maximum Gasteiger partial charge on any atom is 0.201 e. The smallest absolute Gasteiger partial charge is 0.201 e. The molecule has 0 aromatic heterocycles. The van der Waals surface area contributed by atoms with Crippen molar-refractivity contribution in [2.75, 3.05) is 13.7 Å². The molecule has 0 spiro atoms. The summed E-state index contributed by atoms with van der Waals surface area (Å²) in [6.45, 7) is 17.2. The van der Waals surface area contributed by atoms with Gasteiger partial charge in [-0.3, -0.25) is 0 Å². The standard InChI is InChI=1S/C24H40O5Si/c1-15(2)30(16(3)4,17(5)6)29-23-22(18(7)21-14-27-24(23)28-21)26-13-19-9-11-20(25-8)12-10-19/h9-12,15-18,21-24H,13-14H2,1-8H3/t18-,21-,22+,23-,24-/m0/s1. The highest BCUT2D eigenvalue weighted by Gasteiger charge is 2.55. The topological polar surface area (TPSA) is 46.2 Å². The zero-order chi connectivity index (χ0) is 22.1. The van der Waals surface area contributed by atoms with E-state index in [9.17, 15) is 0 Å². The number of ether oxygens (including phenoxy) is 4. The van der Waals surface area contributed by atoms with Crippen molar-refractivity contribution in [2.45, 2.75) is 96.3 Å². The predicted molar refractivity (Wildman–Crippen MR) is 121 cm³/mol. The molecule has 0 N–H and O–H groups in total. The van der Waals surface area contributed by atoms with Gasteiger partial charge in [-0.2, -0.15) is 0 Å². The van der Waals surface area contributed by atoms with Crippen LogP contribution in [0.4, 0.5) is 0 Å². The number of benzene rings is 1. The number of hydrogen-bond donors (Lipinski definition) is 0. The van der Waals surface area contributed by atoms with Crippen LogP contribution in [-0.4, -0.2) is 46.6 Å². The molecule has 0 radical (unpaired) electrons. The highest BCUT2D eigenvalue weighted by atomic mass is 28.4. The average Bonchev–Trinajstić information content (AvgIpc) is 3.15. The van der Waals surface area contributed by atoms with Crippen LogP contribution in [0.5, 0.6) is 5.75 Å². The zero-order valence-corrected chi connectivity index (χ0v) is 20.9. The van der Waals surface area contributed by atoms with Gasteiger partial charge < -0.3 is 23.4 Å². The van der Waals surface area contributed by atoms with Crippen LogP contribution in [-0.2, 0) is 25.2 Å². The summed E-state index contributed by atoms with van der Waals surface area (Å²) in [5.74, 6) is 1.07. The molecule has 0 amide bonds. The van der Waals surface area contributed by atoms with Crippen molar-refractivity contribution in [3.63, 3.8) is 0 Å². The molecule has 2 saturated heterocycles. The third-order valence-corrected chi connectivity index (χ3v) is 13.2. The van der Waals surface area contributed by atoms with Gasteiger partial charge in [-0.25, -0.2) is 0 Å². The average molecular weight is 437 g/mol. The van der Waals surface area contributed by atoms with E-state index in [1.807, 2.05) is 12.1 Å². The molecule has 0 aliphatic carbocycles. The summed E-state index contributed by atoms with van der Waals surface area (Å²) in [4.78, 5) is 0. The van der Waals surface area contributed by atoms with Gasteiger partial charge in [-0.05, 0) is 34.3 Å².